The van der Waals surface area contributed by atoms with Crippen molar-refractivity contribution in [3.05, 3.63) is 36.0 Å². The Morgan fingerprint density at radius 2 is 1.91 bits per heavy atom. The number of nitriles is 2. The molecule has 23 heavy (non-hydrogen) atoms. The summed E-state index contributed by atoms with van der Waals surface area (Å²) in [5, 5.41) is 20.1. The molecule has 0 aliphatic carbocycles. The third kappa shape index (κ3) is 5.03. The average Bonchev–Trinajstić information content (AvgIpc) is 2.62. The zero-order valence-corrected chi connectivity index (χ0v) is 12.5. The summed E-state index contributed by atoms with van der Waals surface area (Å²) < 4.78 is 10.7. The molecule has 2 rings (SSSR count). The summed E-state index contributed by atoms with van der Waals surface area (Å²) in [5.74, 6) is 0.507. The molecule has 7 nitrogen and oxygen atoms in total. The van der Waals surface area contributed by atoms with Crippen LogP contribution in [0.15, 0.2) is 36.0 Å². The number of morpholine rings is 1. The van der Waals surface area contributed by atoms with Crippen LogP contribution in [-0.4, -0.2) is 43.7 Å². The van der Waals surface area contributed by atoms with Crippen molar-refractivity contribution in [2.75, 3.05) is 38.2 Å². The van der Waals surface area contributed by atoms with Crippen LogP contribution in [0.3, 0.4) is 0 Å². The molecule has 1 aliphatic heterocycles. The molecule has 7 heteroatoms. The largest absolute Gasteiger partial charge is 0.484 e. The van der Waals surface area contributed by atoms with Crippen LogP contribution in [0.1, 0.15) is 0 Å². The first-order valence-corrected chi connectivity index (χ1v) is 7.08. The number of ether oxygens (including phenoxy) is 2. The zero-order valence-electron chi connectivity index (χ0n) is 12.5. The second-order valence-corrected chi connectivity index (χ2v) is 4.73. The molecule has 118 valence electrons. The number of allylic oxidation sites excluding steroid dienone is 1. The van der Waals surface area contributed by atoms with Gasteiger partial charge in [0, 0.05) is 25.0 Å². The number of hydrogen-bond donors (Lipinski definition) is 1. The van der Waals surface area contributed by atoms with Crippen LogP contribution in [0.4, 0.5) is 5.69 Å². The predicted octanol–water partition coefficient (Wildman–Crippen LogP) is 1.27. The number of hydrogen-bond acceptors (Lipinski definition) is 6. The van der Waals surface area contributed by atoms with Crippen molar-refractivity contribution in [2.24, 2.45) is 0 Å². The van der Waals surface area contributed by atoms with Gasteiger partial charge in [-0.15, -0.1) is 0 Å². The van der Waals surface area contributed by atoms with Crippen LogP contribution in [0.25, 0.3) is 0 Å². The van der Waals surface area contributed by atoms with E-state index in [0.29, 0.717) is 37.7 Å². The fourth-order valence-electron chi connectivity index (χ4n) is 1.94. The van der Waals surface area contributed by atoms with E-state index in [1.807, 2.05) is 0 Å². The van der Waals surface area contributed by atoms with Crippen molar-refractivity contribution >= 4 is 11.6 Å². The lowest BCUT2D eigenvalue weighted by molar-refractivity contribution is -0.137. The number of benzene rings is 1. The Labute approximate surface area is 134 Å². The van der Waals surface area contributed by atoms with E-state index in [1.54, 1.807) is 41.3 Å². The first-order valence-electron chi connectivity index (χ1n) is 7.08. The van der Waals surface area contributed by atoms with Gasteiger partial charge in [-0.1, -0.05) is 0 Å². The Morgan fingerprint density at radius 3 is 2.52 bits per heavy atom. The van der Waals surface area contributed by atoms with Crippen LogP contribution in [0.2, 0.25) is 0 Å². The molecule has 1 aromatic rings. The second-order valence-electron chi connectivity index (χ2n) is 4.73. The molecule has 1 N–H and O–H groups in total. The highest BCUT2D eigenvalue weighted by atomic mass is 16.5. The fraction of sp³-hybridized carbons (Fsp3) is 0.312. The average molecular weight is 312 g/mol. The van der Waals surface area contributed by atoms with E-state index in [2.05, 4.69) is 5.32 Å². The second kappa shape index (κ2) is 8.42. The van der Waals surface area contributed by atoms with Gasteiger partial charge in [0.1, 0.15) is 23.5 Å². The fourth-order valence-corrected chi connectivity index (χ4v) is 1.94. The van der Waals surface area contributed by atoms with Crippen molar-refractivity contribution in [1.82, 2.24) is 4.90 Å². The van der Waals surface area contributed by atoms with E-state index in [0.717, 1.165) is 0 Å². The number of amides is 1. The van der Waals surface area contributed by atoms with Gasteiger partial charge in [-0.05, 0) is 24.3 Å². The summed E-state index contributed by atoms with van der Waals surface area (Å²) in [4.78, 5) is 13.7. The molecule has 0 atom stereocenters. The molecule has 1 saturated heterocycles. The maximum atomic E-state index is 11.9. The molecule has 0 aromatic heterocycles. The zero-order chi connectivity index (χ0) is 16.5. The third-order valence-corrected chi connectivity index (χ3v) is 3.20. The molecule has 1 heterocycles. The predicted molar refractivity (Wildman–Crippen MR) is 82.3 cm³/mol. The normalized spacial score (nSPS) is 13.4. The molecule has 0 radical (unpaired) electrons. The van der Waals surface area contributed by atoms with Crippen molar-refractivity contribution < 1.29 is 14.3 Å². The minimum absolute atomic E-state index is 0.0126. The van der Waals surface area contributed by atoms with Crippen molar-refractivity contribution in [2.45, 2.75) is 0 Å². The van der Waals surface area contributed by atoms with Gasteiger partial charge < -0.3 is 19.7 Å². The van der Waals surface area contributed by atoms with Gasteiger partial charge in [0.05, 0.1) is 13.2 Å². The summed E-state index contributed by atoms with van der Waals surface area (Å²) in [6.07, 6.45) is 1.33. The van der Waals surface area contributed by atoms with Gasteiger partial charge in [-0.25, -0.2) is 0 Å². The van der Waals surface area contributed by atoms with Crippen LogP contribution >= 0.6 is 0 Å². The van der Waals surface area contributed by atoms with Crippen LogP contribution in [0, 0.1) is 22.7 Å². The van der Waals surface area contributed by atoms with Gasteiger partial charge in [-0.3, -0.25) is 4.79 Å². The van der Waals surface area contributed by atoms with E-state index in [1.165, 1.54) is 6.20 Å². The standard InChI is InChI=1S/C16H16N4O3/c17-9-13(10-18)11-19-14-1-3-15(4-2-14)23-12-16(21)20-5-7-22-8-6-20/h1-4,11,19H,5-8,12H2. The van der Waals surface area contributed by atoms with E-state index >= 15 is 0 Å². The Hall–Kier alpha value is -3.03. The van der Waals surface area contributed by atoms with Gasteiger partial charge in [-0.2, -0.15) is 10.5 Å². The molecule has 1 amide bonds. The van der Waals surface area contributed by atoms with Gasteiger partial charge in [0.25, 0.3) is 5.91 Å². The molecular weight excluding hydrogens is 296 g/mol. The smallest absolute Gasteiger partial charge is 0.260 e. The number of anilines is 1. The number of rotatable bonds is 5. The summed E-state index contributed by atoms with van der Waals surface area (Å²) in [7, 11) is 0. The highest BCUT2D eigenvalue weighted by Gasteiger charge is 2.16. The van der Waals surface area contributed by atoms with Gasteiger partial charge in [0.15, 0.2) is 6.61 Å². The number of carbonyl (C=O) groups is 1. The Balaban J connectivity index is 1.83. The van der Waals surface area contributed by atoms with Gasteiger partial charge in [0.2, 0.25) is 0 Å². The molecule has 0 unspecified atom stereocenters. The van der Waals surface area contributed by atoms with Crippen LogP contribution in [-0.2, 0) is 9.53 Å². The summed E-state index contributed by atoms with van der Waals surface area (Å²) in [6.45, 7) is 2.30. The van der Waals surface area contributed by atoms with Gasteiger partial charge >= 0.3 is 0 Å². The maximum Gasteiger partial charge on any atom is 0.260 e. The van der Waals surface area contributed by atoms with E-state index < -0.39 is 0 Å². The lowest BCUT2D eigenvalue weighted by Crippen LogP contribution is -2.42. The quantitative estimate of drug-likeness (QED) is 0.822. The van der Waals surface area contributed by atoms with Crippen molar-refractivity contribution in [3.8, 4) is 17.9 Å². The Kier molecular flexibility index (Phi) is 5.98. The van der Waals surface area contributed by atoms with Crippen LogP contribution in [0.5, 0.6) is 5.75 Å². The third-order valence-electron chi connectivity index (χ3n) is 3.20. The minimum atomic E-state index is -0.0638. The first kappa shape index (κ1) is 16.3. The molecule has 1 fully saturated rings. The topological polar surface area (TPSA) is 98.4 Å². The van der Waals surface area contributed by atoms with Crippen molar-refractivity contribution in [1.29, 1.82) is 10.5 Å². The van der Waals surface area contributed by atoms with E-state index in [9.17, 15) is 4.79 Å². The van der Waals surface area contributed by atoms with Crippen LogP contribution < -0.4 is 10.1 Å². The summed E-state index contributed by atoms with van der Waals surface area (Å²) >= 11 is 0. The molecule has 1 aromatic carbocycles. The van der Waals surface area contributed by atoms with E-state index in [4.69, 9.17) is 20.0 Å². The van der Waals surface area contributed by atoms with E-state index in [-0.39, 0.29) is 18.1 Å². The molecule has 1 aliphatic rings. The number of nitrogens with one attached hydrogen (secondary N) is 1. The Morgan fingerprint density at radius 1 is 1.26 bits per heavy atom. The first-order chi connectivity index (χ1) is 11.2. The highest BCUT2D eigenvalue weighted by Crippen LogP contribution is 2.16. The number of nitrogens with zero attached hydrogens (tertiary/aromatic N) is 3. The number of carbonyl (C=O) groups excluding carboxylic acids is 1. The minimum Gasteiger partial charge on any atom is -0.484 e. The summed E-state index contributed by atoms with van der Waals surface area (Å²) in [6, 6.07) is 10.4. The molecule has 0 saturated carbocycles. The molecule has 0 bridgehead atoms. The monoisotopic (exact) mass is 312 g/mol. The molecular formula is C16H16N4O3. The lowest BCUT2D eigenvalue weighted by Gasteiger charge is -2.26. The molecule has 0 spiro atoms. The maximum absolute atomic E-state index is 11.9. The Bertz CT molecular complexity index is 633. The summed E-state index contributed by atoms with van der Waals surface area (Å²) in [5.41, 5.74) is 0.696. The van der Waals surface area contributed by atoms with Crippen molar-refractivity contribution in [3.63, 3.8) is 0 Å². The lowest BCUT2D eigenvalue weighted by atomic mass is 10.3. The highest BCUT2D eigenvalue weighted by molar-refractivity contribution is 5.77. The SMILES string of the molecule is N#CC(C#N)=CNc1ccc(OCC(=O)N2CCOCC2)cc1.